The van der Waals surface area contributed by atoms with Crippen molar-refractivity contribution in [3.63, 3.8) is 0 Å². The maximum Gasteiger partial charge on any atom is 0.269 e. The van der Waals surface area contributed by atoms with E-state index >= 15 is 0 Å². The van der Waals surface area contributed by atoms with Gasteiger partial charge in [-0.2, -0.15) is 0 Å². The van der Waals surface area contributed by atoms with Crippen LogP contribution in [-0.4, -0.2) is 52.5 Å². The maximum absolute atomic E-state index is 12.3. The Kier molecular flexibility index (Phi) is 6.74. The molecule has 2 heterocycles. The number of hydrazine groups is 1. The first-order chi connectivity index (χ1) is 16.1. The van der Waals surface area contributed by atoms with Gasteiger partial charge in [0.05, 0.1) is 11.4 Å². The minimum Gasteiger partial charge on any atom is -0.302 e. The lowest BCUT2D eigenvalue weighted by molar-refractivity contribution is -0.119. The zero-order chi connectivity index (χ0) is 23.2. The molecule has 0 fully saturated rings. The fourth-order valence-corrected chi connectivity index (χ4v) is 3.92. The highest BCUT2D eigenvalue weighted by molar-refractivity contribution is 7.99. The second kappa shape index (κ2) is 10.0. The summed E-state index contributed by atoms with van der Waals surface area (Å²) in [6.45, 7) is 4.68. The van der Waals surface area contributed by atoms with Crippen LogP contribution in [0.4, 0.5) is 0 Å². The highest BCUT2D eigenvalue weighted by atomic mass is 32.2. The second-order valence-electron chi connectivity index (χ2n) is 6.96. The Labute approximate surface area is 193 Å². The van der Waals surface area contributed by atoms with Crippen molar-refractivity contribution >= 4 is 23.6 Å². The van der Waals surface area contributed by atoms with Crippen molar-refractivity contribution in [3.8, 4) is 17.1 Å². The van der Waals surface area contributed by atoms with Crippen molar-refractivity contribution in [2.75, 3.05) is 5.75 Å². The van der Waals surface area contributed by atoms with Gasteiger partial charge in [0.15, 0.2) is 11.0 Å². The van der Waals surface area contributed by atoms with Crippen molar-refractivity contribution in [3.05, 3.63) is 66.0 Å². The number of carbonyl (C=O) groups excluding carboxylic acids is 2. The van der Waals surface area contributed by atoms with E-state index in [1.165, 1.54) is 22.8 Å². The van der Waals surface area contributed by atoms with Gasteiger partial charge < -0.3 is 4.57 Å². The van der Waals surface area contributed by atoms with Gasteiger partial charge in [-0.05, 0) is 54.1 Å². The van der Waals surface area contributed by atoms with Crippen LogP contribution in [0, 0.1) is 6.92 Å². The lowest BCUT2D eigenvalue weighted by atomic mass is 10.1. The number of nitrogens with one attached hydrogen (secondary N) is 2. The smallest absolute Gasteiger partial charge is 0.269 e. The molecule has 168 valence electrons. The van der Waals surface area contributed by atoms with Crippen molar-refractivity contribution in [2.24, 2.45) is 0 Å². The van der Waals surface area contributed by atoms with Crippen molar-refractivity contribution in [1.29, 1.82) is 0 Å². The Morgan fingerprint density at radius 3 is 2.52 bits per heavy atom. The molecular formula is C21H21N9O2S. The van der Waals surface area contributed by atoms with Gasteiger partial charge in [-0.3, -0.25) is 20.4 Å². The molecule has 0 aliphatic carbocycles. The molecule has 11 nitrogen and oxygen atoms in total. The number of aromatic nitrogens is 7. The zero-order valence-corrected chi connectivity index (χ0v) is 18.8. The zero-order valence-electron chi connectivity index (χ0n) is 18.0. The summed E-state index contributed by atoms with van der Waals surface area (Å²) in [5.74, 6) is 0.0404. The number of benzene rings is 2. The van der Waals surface area contributed by atoms with Crippen LogP contribution in [0.1, 0.15) is 22.8 Å². The summed E-state index contributed by atoms with van der Waals surface area (Å²) < 4.78 is 3.44. The molecule has 2 aromatic heterocycles. The summed E-state index contributed by atoms with van der Waals surface area (Å²) in [7, 11) is 0. The van der Waals surface area contributed by atoms with Gasteiger partial charge in [-0.15, -0.1) is 15.3 Å². The number of hydrogen-bond acceptors (Lipinski definition) is 8. The Hall–Kier alpha value is -4.06. The fourth-order valence-electron chi connectivity index (χ4n) is 3.11. The van der Waals surface area contributed by atoms with E-state index in [9.17, 15) is 9.59 Å². The molecule has 2 aromatic carbocycles. The SMILES string of the molecule is CCn1c(SCC(=O)NNC(=O)c2ccc(-n3cnnn3)cc2)nnc1-c1ccccc1C. The maximum atomic E-state index is 12.3. The molecule has 2 N–H and O–H groups in total. The third-order valence-corrected chi connectivity index (χ3v) is 5.78. The average molecular weight is 464 g/mol. The number of tetrazole rings is 1. The molecule has 2 amide bonds. The minimum absolute atomic E-state index is 0.0738. The predicted octanol–water partition coefficient (Wildman–Crippen LogP) is 1.80. The van der Waals surface area contributed by atoms with Gasteiger partial charge in [-0.1, -0.05) is 36.0 Å². The van der Waals surface area contributed by atoms with E-state index in [-0.39, 0.29) is 11.7 Å². The Balaban J connectivity index is 1.32. The highest BCUT2D eigenvalue weighted by Gasteiger charge is 2.16. The second-order valence-corrected chi connectivity index (χ2v) is 7.90. The molecule has 0 bridgehead atoms. The number of aryl methyl sites for hydroxylation is 1. The fraction of sp³-hybridized carbons (Fsp3) is 0.190. The predicted molar refractivity (Wildman–Crippen MR) is 121 cm³/mol. The summed E-state index contributed by atoms with van der Waals surface area (Å²) in [6, 6.07) is 14.6. The summed E-state index contributed by atoms with van der Waals surface area (Å²) in [5, 5.41) is 20.1. The van der Waals surface area contributed by atoms with E-state index in [0.717, 1.165) is 17.0 Å². The molecule has 0 aliphatic rings. The molecule has 33 heavy (non-hydrogen) atoms. The van der Waals surface area contributed by atoms with Gasteiger partial charge in [0.2, 0.25) is 5.91 Å². The van der Waals surface area contributed by atoms with Crippen LogP contribution < -0.4 is 10.9 Å². The average Bonchev–Trinajstić information content (AvgIpc) is 3.52. The molecule has 0 saturated heterocycles. The monoisotopic (exact) mass is 463 g/mol. The summed E-state index contributed by atoms with van der Waals surface area (Å²) in [6.07, 6.45) is 1.45. The first kappa shape index (κ1) is 22.1. The number of hydrogen-bond donors (Lipinski definition) is 2. The molecule has 0 aliphatic heterocycles. The highest BCUT2D eigenvalue weighted by Crippen LogP contribution is 2.26. The topological polar surface area (TPSA) is 133 Å². The van der Waals surface area contributed by atoms with E-state index in [4.69, 9.17) is 0 Å². The third-order valence-electron chi connectivity index (χ3n) is 4.81. The van der Waals surface area contributed by atoms with Crippen LogP contribution in [0.5, 0.6) is 0 Å². The molecule has 0 saturated carbocycles. The van der Waals surface area contributed by atoms with Crippen LogP contribution in [-0.2, 0) is 11.3 Å². The number of carbonyl (C=O) groups is 2. The summed E-state index contributed by atoms with van der Waals surface area (Å²) in [5.41, 5.74) is 8.03. The third kappa shape index (κ3) is 5.06. The molecule has 0 radical (unpaired) electrons. The van der Waals surface area contributed by atoms with E-state index < -0.39 is 5.91 Å². The molecular weight excluding hydrogens is 442 g/mol. The van der Waals surface area contributed by atoms with Crippen molar-refractivity contribution in [1.82, 2.24) is 45.8 Å². The molecule has 12 heteroatoms. The number of thioether (sulfide) groups is 1. The summed E-state index contributed by atoms with van der Waals surface area (Å²) in [4.78, 5) is 24.6. The van der Waals surface area contributed by atoms with Crippen LogP contribution in [0.2, 0.25) is 0 Å². The summed E-state index contributed by atoms with van der Waals surface area (Å²) >= 11 is 1.25. The molecule has 0 unspecified atom stereocenters. The van der Waals surface area contributed by atoms with Crippen LogP contribution in [0.25, 0.3) is 17.1 Å². The van der Waals surface area contributed by atoms with Crippen LogP contribution in [0.15, 0.2) is 60.0 Å². The quantitative estimate of drug-likeness (QED) is 0.313. The standard InChI is InChI=1S/C21H21N9O2S/c1-3-29-19(17-7-5-4-6-14(17)2)24-26-21(29)33-12-18(31)23-25-20(32)15-8-10-16(11-9-15)30-13-22-27-28-30/h4-11,13H,3,12H2,1-2H3,(H,23,31)(H,25,32). The molecule has 4 rings (SSSR count). The van der Waals surface area contributed by atoms with E-state index in [2.05, 4.69) is 36.6 Å². The normalized spacial score (nSPS) is 10.7. The van der Waals surface area contributed by atoms with Gasteiger partial charge in [0.25, 0.3) is 5.91 Å². The van der Waals surface area contributed by atoms with Crippen molar-refractivity contribution < 1.29 is 9.59 Å². The van der Waals surface area contributed by atoms with Gasteiger partial charge in [0.1, 0.15) is 6.33 Å². The first-order valence-electron chi connectivity index (χ1n) is 10.1. The van der Waals surface area contributed by atoms with E-state index in [1.807, 2.05) is 42.7 Å². The van der Waals surface area contributed by atoms with Crippen molar-refractivity contribution in [2.45, 2.75) is 25.5 Å². The Morgan fingerprint density at radius 2 is 1.82 bits per heavy atom. The van der Waals surface area contributed by atoms with Gasteiger partial charge >= 0.3 is 0 Å². The Bertz CT molecular complexity index is 1250. The Morgan fingerprint density at radius 1 is 1.03 bits per heavy atom. The first-order valence-corrected chi connectivity index (χ1v) is 11.1. The lowest BCUT2D eigenvalue weighted by Gasteiger charge is -2.10. The number of nitrogens with zero attached hydrogens (tertiary/aromatic N) is 7. The van der Waals surface area contributed by atoms with E-state index in [1.54, 1.807) is 24.3 Å². The molecule has 4 aromatic rings. The lowest BCUT2D eigenvalue weighted by Crippen LogP contribution is -2.42. The van der Waals surface area contributed by atoms with Gasteiger partial charge in [0, 0.05) is 17.7 Å². The van der Waals surface area contributed by atoms with Crippen LogP contribution >= 0.6 is 11.8 Å². The van der Waals surface area contributed by atoms with Gasteiger partial charge in [-0.25, -0.2) is 4.68 Å². The molecule has 0 atom stereocenters. The number of amides is 2. The molecule has 0 spiro atoms. The van der Waals surface area contributed by atoms with Crippen LogP contribution in [0.3, 0.4) is 0 Å². The largest absolute Gasteiger partial charge is 0.302 e. The van der Waals surface area contributed by atoms with E-state index in [0.29, 0.717) is 23.0 Å². The minimum atomic E-state index is -0.435. The number of rotatable bonds is 7.